The molecule has 0 spiro atoms. The molecule has 2 aromatic rings. The van der Waals surface area contributed by atoms with Gasteiger partial charge in [-0.25, -0.2) is 8.42 Å². The molecule has 1 N–H and O–H groups in total. The van der Waals surface area contributed by atoms with E-state index in [1.165, 1.54) is 4.31 Å². The molecule has 0 radical (unpaired) electrons. The van der Waals surface area contributed by atoms with E-state index in [0.717, 1.165) is 16.7 Å². The molecule has 2 aromatic carbocycles. The summed E-state index contributed by atoms with van der Waals surface area (Å²) in [5, 5.41) is 3.54. The monoisotopic (exact) mass is 420 g/mol. The third-order valence-corrected chi connectivity index (χ3v) is 7.62. The number of halogens is 1. The third-order valence-electron chi connectivity index (χ3n) is 5.35. The summed E-state index contributed by atoms with van der Waals surface area (Å²) < 4.78 is 27.3. The number of sulfonamides is 1. The summed E-state index contributed by atoms with van der Waals surface area (Å²) in [6.45, 7) is 4.93. The molecule has 0 unspecified atom stereocenters. The van der Waals surface area contributed by atoms with Crippen molar-refractivity contribution in [3.63, 3.8) is 0 Å². The van der Waals surface area contributed by atoms with Crippen LogP contribution in [-0.4, -0.2) is 31.7 Å². The van der Waals surface area contributed by atoms with E-state index >= 15 is 0 Å². The van der Waals surface area contributed by atoms with Crippen LogP contribution < -0.4 is 5.32 Å². The van der Waals surface area contributed by atoms with Crippen LogP contribution >= 0.6 is 11.6 Å². The maximum absolute atomic E-state index is 12.9. The summed E-state index contributed by atoms with van der Waals surface area (Å²) >= 11 is 6.12. The molecular weight excluding hydrogens is 396 g/mol. The highest BCUT2D eigenvalue weighted by Gasteiger charge is 2.32. The van der Waals surface area contributed by atoms with Crippen molar-refractivity contribution in [2.45, 2.75) is 38.1 Å². The Bertz CT molecular complexity index is 967. The molecule has 1 aliphatic heterocycles. The number of aryl methyl sites for hydroxylation is 2. The minimum atomic E-state index is -3.53. The highest BCUT2D eigenvalue weighted by atomic mass is 35.5. The Morgan fingerprint density at radius 2 is 1.79 bits per heavy atom. The fourth-order valence-electron chi connectivity index (χ4n) is 3.35. The van der Waals surface area contributed by atoms with Crippen molar-refractivity contribution in [1.82, 2.24) is 9.62 Å². The highest BCUT2D eigenvalue weighted by Crippen LogP contribution is 2.25. The van der Waals surface area contributed by atoms with Crippen molar-refractivity contribution < 1.29 is 13.2 Å². The first-order chi connectivity index (χ1) is 13.3. The number of hydrogen-bond donors (Lipinski definition) is 1. The van der Waals surface area contributed by atoms with Gasteiger partial charge in [0, 0.05) is 30.6 Å². The zero-order valence-corrected chi connectivity index (χ0v) is 17.7. The van der Waals surface area contributed by atoms with Gasteiger partial charge >= 0.3 is 0 Å². The van der Waals surface area contributed by atoms with Gasteiger partial charge in [0.15, 0.2) is 0 Å². The van der Waals surface area contributed by atoms with Crippen molar-refractivity contribution in [3.8, 4) is 0 Å². The molecule has 1 saturated heterocycles. The molecule has 0 bridgehead atoms. The van der Waals surface area contributed by atoms with Gasteiger partial charge in [-0.05, 0) is 61.6 Å². The maximum Gasteiger partial charge on any atom is 0.243 e. The molecule has 0 aliphatic carbocycles. The molecule has 0 atom stereocenters. The minimum absolute atomic E-state index is 0.0526. The van der Waals surface area contributed by atoms with Crippen LogP contribution in [0.15, 0.2) is 47.4 Å². The molecule has 1 amide bonds. The minimum Gasteiger partial charge on any atom is -0.352 e. The van der Waals surface area contributed by atoms with Gasteiger partial charge in [0.1, 0.15) is 0 Å². The molecule has 5 nitrogen and oxygen atoms in total. The van der Waals surface area contributed by atoms with E-state index in [4.69, 9.17) is 11.6 Å². The van der Waals surface area contributed by atoms with E-state index < -0.39 is 10.0 Å². The van der Waals surface area contributed by atoms with Gasteiger partial charge in [-0.1, -0.05) is 35.9 Å². The van der Waals surface area contributed by atoms with Gasteiger partial charge in [-0.3, -0.25) is 4.79 Å². The van der Waals surface area contributed by atoms with E-state index in [1.54, 1.807) is 18.2 Å². The average molecular weight is 421 g/mol. The van der Waals surface area contributed by atoms with Gasteiger partial charge in [-0.2, -0.15) is 4.31 Å². The number of carbonyl (C=O) groups excluding carboxylic acids is 1. The standard InChI is InChI=1S/C21H25ClN2O3S/c1-15-7-8-19(13-16(15)2)28(26,27)24-11-9-17(10-12-24)21(25)23-14-18-5-3-4-6-20(18)22/h3-8,13,17H,9-12,14H2,1-2H3,(H,23,25). The first kappa shape index (κ1) is 20.8. The predicted octanol–water partition coefficient (Wildman–Crippen LogP) is 3.67. The summed E-state index contributed by atoms with van der Waals surface area (Å²) in [5.41, 5.74) is 2.88. The van der Waals surface area contributed by atoms with E-state index in [1.807, 2.05) is 38.1 Å². The number of piperidine rings is 1. The van der Waals surface area contributed by atoms with E-state index in [2.05, 4.69) is 5.32 Å². The van der Waals surface area contributed by atoms with Crippen molar-refractivity contribution in [1.29, 1.82) is 0 Å². The van der Waals surface area contributed by atoms with Crippen LogP contribution in [0.25, 0.3) is 0 Å². The second-order valence-corrected chi connectivity index (χ2v) is 9.58. The number of carbonyl (C=O) groups is 1. The van der Waals surface area contributed by atoms with Crippen molar-refractivity contribution in [2.24, 2.45) is 5.92 Å². The summed E-state index contributed by atoms with van der Waals surface area (Å²) in [6, 6.07) is 12.6. The van der Waals surface area contributed by atoms with Crippen LogP contribution in [0, 0.1) is 19.8 Å². The number of nitrogens with one attached hydrogen (secondary N) is 1. The van der Waals surface area contributed by atoms with Gasteiger partial charge in [-0.15, -0.1) is 0 Å². The third kappa shape index (κ3) is 4.57. The quantitative estimate of drug-likeness (QED) is 0.802. The van der Waals surface area contributed by atoms with Crippen LogP contribution in [-0.2, 0) is 21.4 Å². The molecule has 1 fully saturated rings. The first-order valence-corrected chi connectivity index (χ1v) is 11.2. The Hall–Kier alpha value is -1.89. The van der Waals surface area contributed by atoms with E-state index in [0.29, 0.717) is 42.4 Å². The smallest absolute Gasteiger partial charge is 0.243 e. The number of nitrogens with zero attached hydrogens (tertiary/aromatic N) is 1. The summed E-state index contributed by atoms with van der Waals surface area (Å²) in [4.78, 5) is 12.8. The molecule has 7 heteroatoms. The highest BCUT2D eigenvalue weighted by molar-refractivity contribution is 7.89. The van der Waals surface area contributed by atoms with Crippen molar-refractivity contribution in [3.05, 3.63) is 64.2 Å². The molecule has 0 saturated carbocycles. The molecule has 0 aromatic heterocycles. The lowest BCUT2D eigenvalue weighted by atomic mass is 9.97. The van der Waals surface area contributed by atoms with Gasteiger partial charge in [0.05, 0.1) is 4.90 Å². The lowest BCUT2D eigenvalue weighted by Gasteiger charge is -2.30. The summed E-state index contributed by atoms with van der Waals surface area (Å²) in [5.74, 6) is -0.239. The molecule has 150 valence electrons. The number of benzene rings is 2. The first-order valence-electron chi connectivity index (χ1n) is 9.37. The zero-order chi connectivity index (χ0) is 20.3. The normalized spacial score (nSPS) is 16.1. The number of hydrogen-bond acceptors (Lipinski definition) is 3. The Morgan fingerprint density at radius 1 is 1.11 bits per heavy atom. The lowest BCUT2D eigenvalue weighted by molar-refractivity contribution is -0.126. The largest absolute Gasteiger partial charge is 0.352 e. The Labute approximate surface area is 171 Å². The van der Waals surface area contributed by atoms with Crippen LogP contribution in [0.3, 0.4) is 0 Å². The molecule has 28 heavy (non-hydrogen) atoms. The Kier molecular flexibility index (Phi) is 6.43. The topological polar surface area (TPSA) is 66.5 Å². The lowest BCUT2D eigenvalue weighted by Crippen LogP contribution is -2.42. The second-order valence-electron chi connectivity index (χ2n) is 7.23. The van der Waals surface area contributed by atoms with Crippen LogP contribution in [0.5, 0.6) is 0 Å². The van der Waals surface area contributed by atoms with Gasteiger partial charge in [0.2, 0.25) is 15.9 Å². The van der Waals surface area contributed by atoms with Crippen molar-refractivity contribution in [2.75, 3.05) is 13.1 Å². The predicted molar refractivity (Wildman–Crippen MR) is 111 cm³/mol. The van der Waals surface area contributed by atoms with E-state index in [9.17, 15) is 13.2 Å². The SMILES string of the molecule is Cc1ccc(S(=O)(=O)N2CCC(C(=O)NCc3ccccc3Cl)CC2)cc1C. The molecule has 3 rings (SSSR count). The van der Waals surface area contributed by atoms with Gasteiger partial charge < -0.3 is 5.32 Å². The fraction of sp³-hybridized carbons (Fsp3) is 0.381. The maximum atomic E-state index is 12.9. The van der Waals surface area contributed by atoms with Gasteiger partial charge in [0.25, 0.3) is 0 Å². The molecule has 1 aliphatic rings. The van der Waals surface area contributed by atoms with Crippen LogP contribution in [0.4, 0.5) is 0 Å². The Morgan fingerprint density at radius 3 is 2.43 bits per heavy atom. The average Bonchev–Trinajstić information content (AvgIpc) is 2.69. The summed E-state index contributed by atoms with van der Waals surface area (Å²) in [7, 11) is -3.53. The van der Waals surface area contributed by atoms with Crippen molar-refractivity contribution >= 4 is 27.5 Å². The number of rotatable bonds is 5. The van der Waals surface area contributed by atoms with E-state index in [-0.39, 0.29) is 11.8 Å². The second kappa shape index (κ2) is 8.64. The molecular formula is C21H25ClN2O3S. The zero-order valence-electron chi connectivity index (χ0n) is 16.1. The number of amides is 1. The van der Waals surface area contributed by atoms with Crippen LogP contribution in [0.2, 0.25) is 5.02 Å². The van der Waals surface area contributed by atoms with Crippen LogP contribution in [0.1, 0.15) is 29.5 Å². The molecule has 1 heterocycles. The summed E-state index contributed by atoms with van der Waals surface area (Å²) in [6.07, 6.45) is 1.02. The fourth-order valence-corrected chi connectivity index (χ4v) is 5.11. The Balaban J connectivity index is 1.58.